The molecule has 0 heterocycles. The molecule has 0 aliphatic carbocycles. The van der Waals surface area contributed by atoms with Crippen molar-refractivity contribution < 1.29 is 9.13 Å². The minimum Gasteiger partial charge on any atom is -0.492 e. The zero-order chi connectivity index (χ0) is 15.4. The van der Waals surface area contributed by atoms with Crippen molar-refractivity contribution in [1.82, 2.24) is 0 Å². The minimum atomic E-state index is -0.248. The van der Waals surface area contributed by atoms with Crippen LogP contribution in [-0.2, 0) is 6.54 Å². The fraction of sp³-hybridized carbons (Fsp3) is 0.250. The van der Waals surface area contributed by atoms with Crippen LogP contribution in [-0.4, -0.2) is 6.61 Å². The Kier molecular flexibility index (Phi) is 5.65. The van der Waals surface area contributed by atoms with E-state index in [1.54, 1.807) is 6.07 Å². The standard InChI is InChI=1S/C16H16Br2FNO/c1-3-21-16-11(7-12(17)8-13(16)18)9-20-15-10(2)5-4-6-14(15)19/h4-8,20H,3,9H2,1-2H3. The molecule has 0 fully saturated rings. The normalized spacial score (nSPS) is 10.5. The van der Waals surface area contributed by atoms with Crippen molar-refractivity contribution in [2.75, 3.05) is 11.9 Å². The molecule has 0 aliphatic rings. The molecule has 0 saturated carbocycles. The molecule has 0 aliphatic heterocycles. The van der Waals surface area contributed by atoms with Gasteiger partial charge in [-0.3, -0.25) is 0 Å². The van der Waals surface area contributed by atoms with Gasteiger partial charge in [-0.15, -0.1) is 0 Å². The number of aryl methyl sites for hydroxylation is 1. The van der Waals surface area contributed by atoms with Gasteiger partial charge in [0.05, 0.1) is 16.8 Å². The molecule has 0 bridgehead atoms. The highest BCUT2D eigenvalue weighted by atomic mass is 79.9. The summed E-state index contributed by atoms with van der Waals surface area (Å²) in [6.07, 6.45) is 0. The molecule has 21 heavy (non-hydrogen) atoms. The van der Waals surface area contributed by atoms with Gasteiger partial charge in [-0.1, -0.05) is 28.1 Å². The molecule has 2 aromatic rings. The van der Waals surface area contributed by atoms with Crippen LogP contribution < -0.4 is 10.1 Å². The largest absolute Gasteiger partial charge is 0.492 e. The molecule has 0 radical (unpaired) electrons. The fourth-order valence-electron chi connectivity index (χ4n) is 2.09. The molecule has 0 unspecified atom stereocenters. The number of rotatable bonds is 5. The van der Waals surface area contributed by atoms with E-state index in [1.807, 2.05) is 32.0 Å². The molecule has 5 heteroatoms. The summed E-state index contributed by atoms with van der Waals surface area (Å²) < 4.78 is 21.3. The van der Waals surface area contributed by atoms with E-state index in [2.05, 4.69) is 37.2 Å². The van der Waals surface area contributed by atoms with Crippen LogP contribution in [0.5, 0.6) is 5.75 Å². The van der Waals surface area contributed by atoms with E-state index >= 15 is 0 Å². The third-order valence-corrected chi connectivity index (χ3v) is 4.10. The number of ether oxygens (including phenoxy) is 1. The Balaban J connectivity index is 2.27. The van der Waals surface area contributed by atoms with Crippen molar-refractivity contribution in [2.45, 2.75) is 20.4 Å². The minimum absolute atomic E-state index is 0.248. The predicted octanol–water partition coefficient (Wildman–Crippen LogP) is 5.67. The van der Waals surface area contributed by atoms with Gasteiger partial charge in [-0.2, -0.15) is 0 Å². The van der Waals surface area contributed by atoms with Crippen molar-refractivity contribution in [2.24, 2.45) is 0 Å². The third kappa shape index (κ3) is 3.98. The van der Waals surface area contributed by atoms with Crippen LogP contribution in [0.25, 0.3) is 0 Å². The summed E-state index contributed by atoms with van der Waals surface area (Å²) >= 11 is 6.96. The quantitative estimate of drug-likeness (QED) is 0.677. The van der Waals surface area contributed by atoms with E-state index in [1.165, 1.54) is 6.07 Å². The molecule has 2 aromatic carbocycles. The summed E-state index contributed by atoms with van der Waals surface area (Å²) in [6.45, 7) is 4.87. The monoisotopic (exact) mass is 415 g/mol. The first-order valence-electron chi connectivity index (χ1n) is 6.62. The lowest BCUT2D eigenvalue weighted by Gasteiger charge is -2.15. The van der Waals surface area contributed by atoms with Gasteiger partial charge >= 0.3 is 0 Å². The number of halogens is 3. The fourth-order valence-corrected chi connectivity index (χ4v) is 3.52. The number of anilines is 1. The van der Waals surface area contributed by atoms with Gasteiger partial charge in [0.1, 0.15) is 11.6 Å². The first-order chi connectivity index (χ1) is 10.0. The summed E-state index contributed by atoms with van der Waals surface area (Å²) in [4.78, 5) is 0. The Hall–Kier alpha value is -1.07. The Morgan fingerprint density at radius 3 is 2.67 bits per heavy atom. The third-order valence-electron chi connectivity index (χ3n) is 3.05. The number of para-hydroxylation sites is 1. The van der Waals surface area contributed by atoms with Crippen LogP contribution in [0, 0.1) is 12.7 Å². The van der Waals surface area contributed by atoms with Crippen LogP contribution in [0.4, 0.5) is 10.1 Å². The lowest BCUT2D eigenvalue weighted by molar-refractivity contribution is 0.334. The Morgan fingerprint density at radius 2 is 2.00 bits per heavy atom. The SMILES string of the molecule is CCOc1c(Br)cc(Br)cc1CNc1c(C)cccc1F. The van der Waals surface area contributed by atoms with Gasteiger partial charge in [0.2, 0.25) is 0 Å². The van der Waals surface area contributed by atoms with E-state index in [0.29, 0.717) is 18.8 Å². The van der Waals surface area contributed by atoms with E-state index < -0.39 is 0 Å². The maximum atomic E-state index is 13.8. The first-order valence-corrected chi connectivity index (χ1v) is 8.21. The van der Waals surface area contributed by atoms with Gasteiger partial charge in [0.25, 0.3) is 0 Å². The second-order valence-corrected chi connectivity index (χ2v) is 6.36. The summed E-state index contributed by atoms with van der Waals surface area (Å²) in [5.74, 6) is 0.532. The number of hydrogen-bond donors (Lipinski definition) is 1. The van der Waals surface area contributed by atoms with Crippen molar-refractivity contribution >= 4 is 37.5 Å². The molecule has 0 atom stereocenters. The van der Waals surface area contributed by atoms with Gasteiger partial charge in [-0.05, 0) is 53.5 Å². The maximum absolute atomic E-state index is 13.8. The lowest BCUT2D eigenvalue weighted by Crippen LogP contribution is -2.06. The van der Waals surface area contributed by atoms with E-state index in [9.17, 15) is 4.39 Å². The molecule has 112 valence electrons. The smallest absolute Gasteiger partial charge is 0.146 e. The van der Waals surface area contributed by atoms with E-state index in [0.717, 1.165) is 25.8 Å². The van der Waals surface area contributed by atoms with Gasteiger partial charge in [0, 0.05) is 16.6 Å². The van der Waals surface area contributed by atoms with Gasteiger partial charge < -0.3 is 10.1 Å². The first kappa shape index (κ1) is 16.3. The Labute approximate surface area is 141 Å². The Morgan fingerprint density at radius 1 is 1.24 bits per heavy atom. The summed E-state index contributed by atoms with van der Waals surface area (Å²) in [7, 11) is 0. The van der Waals surface area contributed by atoms with E-state index in [-0.39, 0.29) is 5.82 Å². The predicted molar refractivity (Wildman–Crippen MR) is 91.5 cm³/mol. The van der Waals surface area contributed by atoms with Crippen molar-refractivity contribution in [1.29, 1.82) is 0 Å². The highest BCUT2D eigenvalue weighted by Crippen LogP contribution is 2.33. The molecule has 2 nitrogen and oxygen atoms in total. The van der Waals surface area contributed by atoms with Crippen LogP contribution in [0.2, 0.25) is 0 Å². The van der Waals surface area contributed by atoms with E-state index in [4.69, 9.17) is 4.74 Å². The summed E-state index contributed by atoms with van der Waals surface area (Å²) in [5.41, 5.74) is 2.36. The molecule has 2 rings (SSSR count). The van der Waals surface area contributed by atoms with Crippen LogP contribution >= 0.6 is 31.9 Å². The molecular formula is C16H16Br2FNO. The number of benzene rings is 2. The van der Waals surface area contributed by atoms with Gasteiger partial charge in [0.15, 0.2) is 0 Å². The molecule has 0 amide bonds. The second kappa shape index (κ2) is 7.27. The molecular weight excluding hydrogens is 401 g/mol. The number of nitrogens with one attached hydrogen (secondary N) is 1. The molecule has 0 saturated heterocycles. The van der Waals surface area contributed by atoms with Crippen LogP contribution in [0.3, 0.4) is 0 Å². The van der Waals surface area contributed by atoms with Crippen LogP contribution in [0.15, 0.2) is 39.3 Å². The zero-order valence-electron chi connectivity index (χ0n) is 11.8. The van der Waals surface area contributed by atoms with Gasteiger partial charge in [-0.25, -0.2) is 4.39 Å². The lowest BCUT2D eigenvalue weighted by atomic mass is 10.1. The van der Waals surface area contributed by atoms with Crippen molar-refractivity contribution in [3.8, 4) is 5.75 Å². The van der Waals surface area contributed by atoms with Crippen molar-refractivity contribution in [3.63, 3.8) is 0 Å². The topological polar surface area (TPSA) is 21.3 Å². The Bertz CT molecular complexity index is 626. The zero-order valence-corrected chi connectivity index (χ0v) is 15.0. The highest BCUT2D eigenvalue weighted by molar-refractivity contribution is 9.11. The average molecular weight is 417 g/mol. The number of hydrogen-bond acceptors (Lipinski definition) is 2. The summed E-state index contributed by atoms with van der Waals surface area (Å²) in [6, 6.07) is 8.94. The second-order valence-electron chi connectivity index (χ2n) is 4.59. The molecule has 0 spiro atoms. The molecule has 0 aromatic heterocycles. The average Bonchev–Trinajstić information content (AvgIpc) is 2.42. The summed E-state index contributed by atoms with van der Waals surface area (Å²) in [5, 5.41) is 3.15. The van der Waals surface area contributed by atoms with Crippen LogP contribution in [0.1, 0.15) is 18.1 Å². The molecule has 1 N–H and O–H groups in total. The maximum Gasteiger partial charge on any atom is 0.146 e. The van der Waals surface area contributed by atoms with Crippen molar-refractivity contribution in [3.05, 3.63) is 56.2 Å². The highest BCUT2D eigenvalue weighted by Gasteiger charge is 2.11.